The summed E-state index contributed by atoms with van der Waals surface area (Å²) < 4.78 is 28.7. The van der Waals surface area contributed by atoms with E-state index in [9.17, 15) is 13.2 Å². The van der Waals surface area contributed by atoms with Crippen LogP contribution in [0.4, 0.5) is 0 Å². The number of likely N-dealkylation sites (tertiary alicyclic amines) is 1. The maximum absolute atomic E-state index is 13.2. The summed E-state index contributed by atoms with van der Waals surface area (Å²) in [6, 6.07) is 20.9. The third-order valence-corrected chi connectivity index (χ3v) is 7.01. The Kier molecular flexibility index (Phi) is 6.03. The monoisotopic (exact) mass is 433 g/mol. The lowest BCUT2D eigenvalue weighted by molar-refractivity contribution is -0.133. The van der Waals surface area contributed by atoms with Crippen LogP contribution in [0.5, 0.6) is 0 Å². The minimum Gasteiger partial charge on any atom is -0.337 e. The third kappa shape index (κ3) is 4.76. The topological polar surface area (TPSA) is 90.3 Å². The van der Waals surface area contributed by atoms with E-state index in [2.05, 4.69) is 10.8 Å². The van der Waals surface area contributed by atoms with Gasteiger partial charge in [0, 0.05) is 13.1 Å². The summed E-state index contributed by atoms with van der Waals surface area (Å²) in [5.74, 6) is -0.232. The highest BCUT2D eigenvalue weighted by molar-refractivity contribution is 7.89. The molecule has 158 valence electrons. The predicted molar refractivity (Wildman–Crippen MR) is 118 cm³/mol. The highest BCUT2D eigenvalue weighted by Gasteiger charge is 2.31. The van der Waals surface area contributed by atoms with Crippen LogP contribution in [-0.4, -0.2) is 31.8 Å². The van der Waals surface area contributed by atoms with Crippen LogP contribution >= 0.6 is 0 Å². The van der Waals surface area contributed by atoms with Gasteiger partial charge in [-0.3, -0.25) is 4.79 Å². The Balaban J connectivity index is 1.54. The SMILES string of the molecule is N#Cc1cccc(CN2CCCC[C@H](NS(=O)(=O)c3ccc4ccccc4c3)C2=O)c1. The van der Waals surface area contributed by atoms with Gasteiger partial charge in [-0.05, 0) is 59.9 Å². The van der Waals surface area contributed by atoms with Gasteiger partial charge in [0.1, 0.15) is 6.04 Å². The second-order valence-corrected chi connectivity index (χ2v) is 9.46. The van der Waals surface area contributed by atoms with E-state index in [1.807, 2.05) is 30.3 Å². The molecule has 1 atom stereocenters. The zero-order valence-electron chi connectivity index (χ0n) is 17.0. The molecule has 1 aliphatic heterocycles. The number of fused-ring (bicyclic) bond motifs is 1. The van der Waals surface area contributed by atoms with Crippen LogP contribution in [0.3, 0.4) is 0 Å². The average molecular weight is 434 g/mol. The molecule has 7 heteroatoms. The van der Waals surface area contributed by atoms with Crippen LogP contribution in [-0.2, 0) is 21.4 Å². The Morgan fingerprint density at radius 1 is 1.00 bits per heavy atom. The van der Waals surface area contributed by atoms with Crippen molar-refractivity contribution in [2.75, 3.05) is 6.54 Å². The van der Waals surface area contributed by atoms with E-state index in [4.69, 9.17) is 5.26 Å². The summed E-state index contributed by atoms with van der Waals surface area (Å²) in [5, 5.41) is 10.9. The first kappa shape index (κ1) is 21.0. The van der Waals surface area contributed by atoms with Crippen LogP contribution in [0, 0.1) is 11.3 Å². The lowest BCUT2D eigenvalue weighted by Crippen LogP contribution is -2.47. The summed E-state index contributed by atoms with van der Waals surface area (Å²) in [7, 11) is -3.85. The molecule has 0 unspecified atom stereocenters. The first-order valence-corrected chi connectivity index (χ1v) is 11.7. The largest absolute Gasteiger partial charge is 0.337 e. The number of nitrogens with zero attached hydrogens (tertiary/aromatic N) is 2. The maximum Gasteiger partial charge on any atom is 0.241 e. The van der Waals surface area contributed by atoms with Gasteiger partial charge in [-0.1, -0.05) is 42.5 Å². The van der Waals surface area contributed by atoms with Crippen molar-refractivity contribution in [3.8, 4) is 6.07 Å². The Morgan fingerprint density at radius 2 is 1.81 bits per heavy atom. The van der Waals surface area contributed by atoms with Crippen LogP contribution in [0.2, 0.25) is 0 Å². The molecule has 6 nitrogen and oxygen atoms in total. The van der Waals surface area contributed by atoms with E-state index in [-0.39, 0.29) is 10.8 Å². The average Bonchev–Trinajstić information content (AvgIpc) is 2.95. The molecule has 1 aliphatic rings. The minimum absolute atomic E-state index is 0.150. The van der Waals surface area contributed by atoms with Gasteiger partial charge in [0.05, 0.1) is 16.5 Å². The molecule has 1 heterocycles. The van der Waals surface area contributed by atoms with Gasteiger partial charge in [0.25, 0.3) is 0 Å². The van der Waals surface area contributed by atoms with Gasteiger partial charge in [-0.2, -0.15) is 9.98 Å². The summed E-state index contributed by atoms with van der Waals surface area (Å²) in [5.41, 5.74) is 1.39. The predicted octanol–water partition coefficient (Wildman–Crippen LogP) is 3.57. The fourth-order valence-corrected chi connectivity index (χ4v) is 5.18. The molecule has 31 heavy (non-hydrogen) atoms. The second-order valence-electron chi connectivity index (χ2n) is 7.75. The van der Waals surface area contributed by atoms with Gasteiger partial charge in [-0.15, -0.1) is 0 Å². The summed E-state index contributed by atoms with van der Waals surface area (Å²) in [6.07, 6.45) is 2.02. The zero-order chi connectivity index (χ0) is 21.8. The lowest BCUT2D eigenvalue weighted by atomic mass is 10.1. The van der Waals surface area contributed by atoms with Gasteiger partial charge >= 0.3 is 0 Å². The minimum atomic E-state index is -3.85. The van der Waals surface area contributed by atoms with Crippen molar-refractivity contribution in [2.24, 2.45) is 0 Å². The van der Waals surface area contributed by atoms with Crippen molar-refractivity contribution in [1.82, 2.24) is 9.62 Å². The van der Waals surface area contributed by atoms with Crippen molar-refractivity contribution >= 4 is 26.7 Å². The van der Waals surface area contributed by atoms with Crippen LogP contribution in [0.15, 0.2) is 71.6 Å². The summed E-state index contributed by atoms with van der Waals surface area (Å²) in [6.45, 7) is 0.909. The number of benzene rings is 3. The molecule has 0 aliphatic carbocycles. The molecule has 0 aromatic heterocycles. The molecule has 1 saturated heterocycles. The standard InChI is InChI=1S/C24H23N3O3S/c25-16-18-6-5-7-19(14-18)17-27-13-4-3-10-23(24(27)28)26-31(29,30)22-12-11-20-8-1-2-9-21(20)15-22/h1-2,5-9,11-12,14-15,23,26H,3-4,10,13,17H2/t23-/m0/s1. The van der Waals surface area contributed by atoms with Crippen molar-refractivity contribution in [3.63, 3.8) is 0 Å². The van der Waals surface area contributed by atoms with Crippen molar-refractivity contribution < 1.29 is 13.2 Å². The van der Waals surface area contributed by atoms with E-state index in [0.717, 1.165) is 29.2 Å². The lowest BCUT2D eigenvalue weighted by Gasteiger charge is -2.25. The molecule has 0 spiro atoms. The van der Waals surface area contributed by atoms with Crippen LogP contribution in [0.25, 0.3) is 10.8 Å². The summed E-state index contributed by atoms with van der Waals surface area (Å²) in [4.78, 5) is 15.0. The van der Waals surface area contributed by atoms with E-state index in [0.29, 0.717) is 25.1 Å². The fourth-order valence-electron chi connectivity index (χ4n) is 3.92. The van der Waals surface area contributed by atoms with Gasteiger partial charge in [0.15, 0.2) is 0 Å². The molecule has 1 amide bonds. The normalized spacial score (nSPS) is 17.3. The van der Waals surface area contributed by atoms with Crippen molar-refractivity contribution in [1.29, 1.82) is 5.26 Å². The number of nitrogens with one attached hydrogen (secondary N) is 1. The van der Waals surface area contributed by atoms with E-state index in [1.54, 1.807) is 41.3 Å². The smallest absolute Gasteiger partial charge is 0.241 e. The Morgan fingerprint density at radius 3 is 2.61 bits per heavy atom. The zero-order valence-corrected chi connectivity index (χ0v) is 17.8. The molecule has 0 saturated carbocycles. The first-order chi connectivity index (χ1) is 15.0. The molecular weight excluding hydrogens is 410 g/mol. The fraction of sp³-hybridized carbons (Fsp3) is 0.250. The van der Waals surface area contributed by atoms with Gasteiger partial charge in [0.2, 0.25) is 15.9 Å². The molecule has 1 fully saturated rings. The number of amides is 1. The third-order valence-electron chi connectivity index (χ3n) is 5.54. The van der Waals surface area contributed by atoms with Crippen molar-refractivity contribution in [3.05, 3.63) is 77.9 Å². The molecule has 3 aromatic rings. The molecule has 0 bridgehead atoms. The number of nitriles is 1. The molecule has 4 rings (SSSR count). The maximum atomic E-state index is 13.2. The number of hydrogen-bond donors (Lipinski definition) is 1. The number of carbonyl (C=O) groups is 1. The van der Waals surface area contributed by atoms with Gasteiger partial charge < -0.3 is 4.90 Å². The number of hydrogen-bond acceptors (Lipinski definition) is 4. The van der Waals surface area contributed by atoms with Gasteiger partial charge in [-0.25, -0.2) is 8.42 Å². The highest BCUT2D eigenvalue weighted by atomic mass is 32.2. The van der Waals surface area contributed by atoms with E-state index < -0.39 is 16.1 Å². The first-order valence-electron chi connectivity index (χ1n) is 10.3. The quantitative estimate of drug-likeness (QED) is 0.666. The van der Waals surface area contributed by atoms with Crippen LogP contribution < -0.4 is 4.72 Å². The Bertz CT molecular complexity index is 1260. The summed E-state index contributed by atoms with van der Waals surface area (Å²) >= 11 is 0. The Labute approximate surface area is 182 Å². The Hall–Kier alpha value is -3.21. The molecule has 1 N–H and O–H groups in total. The molecule has 0 radical (unpaired) electrons. The van der Waals surface area contributed by atoms with Crippen molar-refractivity contribution in [2.45, 2.75) is 36.7 Å². The highest BCUT2D eigenvalue weighted by Crippen LogP contribution is 2.21. The van der Waals surface area contributed by atoms with E-state index in [1.165, 1.54) is 0 Å². The number of carbonyl (C=O) groups excluding carboxylic acids is 1. The molecule has 3 aromatic carbocycles. The molecular formula is C24H23N3O3S. The van der Waals surface area contributed by atoms with E-state index >= 15 is 0 Å². The van der Waals surface area contributed by atoms with Crippen LogP contribution in [0.1, 0.15) is 30.4 Å². The number of rotatable bonds is 5. The second kappa shape index (κ2) is 8.88. The number of sulfonamides is 1.